The van der Waals surface area contributed by atoms with Gasteiger partial charge in [-0.1, -0.05) is 5.59 Å². The first-order valence-corrected chi connectivity index (χ1v) is 3.31. The highest BCUT2D eigenvalue weighted by molar-refractivity contribution is 5.77. The fourth-order valence-electron chi connectivity index (χ4n) is 1.20. The molecule has 10 heavy (non-hydrogen) atoms. The summed E-state index contributed by atoms with van der Waals surface area (Å²) in [6.45, 7) is 2.41. The van der Waals surface area contributed by atoms with Gasteiger partial charge < -0.3 is 10.2 Å². The first-order valence-electron chi connectivity index (χ1n) is 3.31. The van der Waals surface area contributed by atoms with Crippen LogP contribution in [0, 0.1) is 0 Å². The number of hydrogen-bond donors (Lipinski definition) is 2. The summed E-state index contributed by atoms with van der Waals surface area (Å²) in [6, 6.07) is -0.117. The Bertz CT molecular complexity index is 161. The number of hydrogen-bond acceptors (Lipinski definition) is 5. The van der Waals surface area contributed by atoms with Crippen LogP contribution in [-0.4, -0.2) is 36.7 Å². The molecule has 0 radical (unpaired) electrons. The third-order valence-corrected chi connectivity index (χ3v) is 1.78. The number of carbonyl (C=O) groups excluding carboxylic acids is 1. The van der Waals surface area contributed by atoms with Crippen molar-refractivity contribution in [2.75, 3.05) is 19.6 Å². The largest absolute Gasteiger partial charge is 0.354 e. The zero-order valence-electron chi connectivity index (χ0n) is 5.46. The van der Waals surface area contributed by atoms with Crippen molar-refractivity contribution in [1.29, 1.82) is 0 Å². The van der Waals surface area contributed by atoms with Crippen LogP contribution in [0.5, 0.6) is 0 Å². The summed E-state index contributed by atoms with van der Waals surface area (Å²) >= 11 is 0. The second-order valence-corrected chi connectivity index (χ2v) is 2.43. The highest BCUT2D eigenvalue weighted by Crippen LogP contribution is 2.06. The van der Waals surface area contributed by atoms with Crippen LogP contribution in [0.1, 0.15) is 0 Å². The zero-order chi connectivity index (χ0) is 6.97. The van der Waals surface area contributed by atoms with E-state index in [0.29, 0.717) is 6.54 Å². The minimum atomic E-state index is -0.188. The van der Waals surface area contributed by atoms with E-state index in [-0.39, 0.29) is 12.0 Å². The normalized spacial score (nSPS) is 33.6. The smallest absolute Gasteiger partial charge is 0.346 e. The van der Waals surface area contributed by atoms with E-state index < -0.39 is 0 Å². The van der Waals surface area contributed by atoms with Crippen LogP contribution in [0.2, 0.25) is 0 Å². The SMILES string of the molecule is O=C1ONN2CCNCC12. The highest BCUT2D eigenvalue weighted by Gasteiger charge is 2.36. The molecule has 0 aromatic heterocycles. The van der Waals surface area contributed by atoms with Crippen LogP contribution < -0.4 is 10.9 Å². The van der Waals surface area contributed by atoms with Crippen molar-refractivity contribution in [3.05, 3.63) is 0 Å². The molecule has 2 aliphatic heterocycles. The lowest BCUT2D eigenvalue weighted by Crippen LogP contribution is -2.52. The minimum Gasteiger partial charge on any atom is -0.354 e. The lowest BCUT2D eigenvalue weighted by Gasteiger charge is -2.24. The molecule has 2 fully saturated rings. The standard InChI is InChI=1S/C5H9N3O2/c9-5-4-3-6-1-2-8(4)7-10-5/h4,6-7H,1-3H2. The summed E-state index contributed by atoms with van der Waals surface area (Å²) in [5.41, 5.74) is 2.55. The van der Waals surface area contributed by atoms with Crippen molar-refractivity contribution in [2.45, 2.75) is 6.04 Å². The van der Waals surface area contributed by atoms with Crippen LogP contribution in [0.25, 0.3) is 0 Å². The average molecular weight is 143 g/mol. The van der Waals surface area contributed by atoms with Gasteiger partial charge in [0.1, 0.15) is 6.04 Å². The van der Waals surface area contributed by atoms with E-state index in [0.717, 1.165) is 13.1 Å². The van der Waals surface area contributed by atoms with Gasteiger partial charge in [0.15, 0.2) is 0 Å². The molecule has 1 atom stereocenters. The molecule has 0 saturated carbocycles. The molecule has 56 valence electrons. The molecule has 1 unspecified atom stereocenters. The number of rotatable bonds is 0. The lowest BCUT2D eigenvalue weighted by atomic mass is 10.2. The second kappa shape index (κ2) is 2.19. The van der Waals surface area contributed by atoms with Crippen LogP contribution >= 0.6 is 0 Å². The molecule has 2 N–H and O–H groups in total. The quantitative estimate of drug-likeness (QED) is 0.420. The molecular weight excluding hydrogens is 134 g/mol. The van der Waals surface area contributed by atoms with Crippen LogP contribution in [0.15, 0.2) is 0 Å². The molecule has 2 heterocycles. The zero-order valence-corrected chi connectivity index (χ0v) is 5.46. The Labute approximate surface area is 58.2 Å². The Kier molecular flexibility index (Phi) is 1.33. The maximum atomic E-state index is 10.8. The van der Waals surface area contributed by atoms with Crippen molar-refractivity contribution in [3.8, 4) is 0 Å². The van der Waals surface area contributed by atoms with Gasteiger partial charge in [-0.05, 0) is 0 Å². The van der Waals surface area contributed by atoms with Gasteiger partial charge in [0.25, 0.3) is 0 Å². The Hall–Kier alpha value is -0.650. The Morgan fingerprint density at radius 2 is 2.60 bits per heavy atom. The van der Waals surface area contributed by atoms with Gasteiger partial charge in [-0.25, -0.2) is 4.79 Å². The maximum absolute atomic E-state index is 10.8. The molecule has 2 rings (SSSR count). The van der Waals surface area contributed by atoms with Gasteiger partial charge >= 0.3 is 5.97 Å². The number of nitrogens with zero attached hydrogens (tertiary/aromatic N) is 1. The molecule has 0 aromatic carbocycles. The number of piperazine rings is 1. The summed E-state index contributed by atoms with van der Waals surface area (Å²) in [5, 5.41) is 4.91. The van der Waals surface area contributed by atoms with Crippen LogP contribution in [-0.2, 0) is 9.63 Å². The van der Waals surface area contributed by atoms with Gasteiger partial charge in [-0.3, -0.25) is 0 Å². The predicted octanol–water partition coefficient (Wildman–Crippen LogP) is -1.76. The number of carbonyl (C=O) groups is 1. The fourth-order valence-corrected chi connectivity index (χ4v) is 1.20. The van der Waals surface area contributed by atoms with Crippen LogP contribution in [0.3, 0.4) is 0 Å². The molecular formula is C5H9N3O2. The Morgan fingerprint density at radius 1 is 1.70 bits per heavy atom. The van der Waals surface area contributed by atoms with Crippen LogP contribution in [0.4, 0.5) is 0 Å². The molecule has 2 aliphatic rings. The van der Waals surface area contributed by atoms with Crippen molar-refractivity contribution >= 4 is 5.97 Å². The van der Waals surface area contributed by atoms with E-state index in [9.17, 15) is 4.79 Å². The Morgan fingerprint density at radius 3 is 3.40 bits per heavy atom. The predicted molar refractivity (Wildman–Crippen MR) is 32.6 cm³/mol. The van der Waals surface area contributed by atoms with E-state index in [4.69, 9.17) is 0 Å². The molecule has 5 nitrogen and oxygen atoms in total. The molecule has 0 aliphatic carbocycles. The van der Waals surface area contributed by atoms with E-state index in [2.05, 4.69) is 15.7 Å². The number of nitrogens with one attached hydrogen (secondary N) is 2. The maximum Gasteiger partial charge on any atom is 0.346 e. The molecule has 2 saturated heterocycles. The van der Waals surface area contributed by atoms with Crippen molar-refractivity contribution in [3.63, 3.8) is 0 Å². The van der Waals surface area contributed by atoms with Crippen molar-refractivity contribution in [1.82, 2.24) is 15.9 Å². The topological polar surface area (TPSA) is 53.6 Å². The average Bonchev–Trinajstić information content (AvgIpc) is 2.34. The van der Waals surface area contributed by atoms with E-state index in [1.54, 1.807) is 5.01 Å². The highest BCUT2D eigenvalue weighted by atomic mass is 16.7. The van der Waals surface area contributed by atoms with E-state index >= 15 is 0 Å². The molecule has 0 aromatic rings. The van der Waals surface area contributed by atoms with Crippen molar-refractivity contribution < 1.29 is 9.63 Å². The Balaban J connectivity index is 2.08. The first kappa shape index (κ1) is 6.09. The second-order valence-electron chi connectivity index (χ2n) is 2.43. The summed E-state index contributed by atoms with van der Waals surface area (Å²) in [5.74, 6) is -0.188. The van der Waals surface area contributed by atoms with E-state index in [1.165, 1.54) is 0 Å². The number of hydrazine groups is 1. The van der Waals surface area contributed by atoms with E-state index in [1.807, 2.05) is 0 Å². The van der Waals surface area contributed by atoms with Gasteiger partial charge in [0.2, 0.25) is 0 Å². The van der Waals surface area contributed by atoms with Gasteiger partial charge in [-0.15, -0.1) is 0 Å². The summed E-state index contributed by atoms with van der Waals surface area (Å²) in [4.78, 5) is 15.4. The van der Waals surface area contributed by atoms with Crippen molar-refractivity contribution in [2.24, 2.45) is 0 Å². The molecule has 0 amide bonds. The number of fused-ring (bicyclic) bond motifs is 1. The molecule has 0 bridgehead atoms. The fraction of sp³-hybridized carbons (Fsp3) is 0.800. The summed E-state index contributed by atoms with van der Waals surface area (Å²) in [6.07, 6.45) is 0. The monoisotopic (exact) mass is 143 g/mol. The molecule has 5 heteroatoms. The third-order valence-electron chi connectivity index (χ3n) is 1.78. The molecule has 0 spiro atoms. The summed E-state index contributed by atoms with van der Waals surface area (Å²) < 4.78 is 0. The van der Waals surface area contributed by atoms with Gasteiger partial charge in [0, 0.05) is 19.6 Å². The first-order chi connectivity index (χ1) is 4.88. The minimum absolute atomic E-state index is 0.117. The third kappa shape index (κ3) is 0.792. The van der Waals surface area contributed by atoms with Gasteiger partial charge in [0.05, 0.1) is 0 Å². The van der Waals surface area contributed by atoms with Gasteiger partial charge in [-0.2, -0.15) is 5.01 Å². The summed E-state index contributed by atoms with van der Waals surface area (Å²) in [7, 11) is 0. The lowest BCUT2D eigenvalue weighted by molar-refractivity contribution is -0.144.